The summed E-state index contributed by atoms with van der Waals surface area (Å²) in [5, 5.41) is 7.71. The van der Waals surface area contributed by atoms with Crippen molar-refractivity contribution < 1.29 is 4.42 Å². The third-order valence-electron chi connectivity index (χ3n) is 3.37. The smallest absolute Gasteiger partial charge is 0.216 e. The minimum absolute atomic E-state index is 0.432. The number of oxazole rings is 1. The standard InChI is InChI=1S/C16H25N5OS/c1-5-13-9-19-15(23-13)7-8-18-16(17-6-2)20-10-14-21-11(3)12(4)22-14/h9H,5-8,10H2,1-4H3,(H2,17,18,20). The molecule has 2 aromatic rings. The molecule has 2 heterocycles. The van der Waals surface area contributed by atoms with E-state index in [9.17, 15) is 0 Å². The number of rotatable bonds is 7. The fourth-order valence-corrected chi connectivity index (χ4v) is 2.87. The van der Waals surface area contributed by atoms with Gasteiger partial charge < -0.3 is 15.1 Å². The van der Waals surface area contributed by atoms with Crippen LogP contribution in [-0.2, 0) is 19.4 Å². The van der Waals surface area contributed by atoms with E-state index in [4.69, 9.17) is 4.42 Å². The number of aryl methyl sites for hydroxylation is 3. The second kappa shape index (κ2) is 8.67. The maximum atomic E-state index is 5.55. The second-order valence-corrected chi connectivity index (χ2v) is 6.39. The maximum absolute atomic E-state index is 5.55. The van der Waals surface area contributed by atoms with Gasteiger partial charge in [0.1, 0.15) is 12.3 Å². The quantitative estimate of drug-likeness (QED) is 0.601. The van der Waals surface area contributed by atoms with Crippen molar-refractivity contribution in [2.75, 3.05) is 13.1 Å². The van der Waals surface area contributed by atoms with Gasteiger partial charge in [-0.25, -0.2) is 15.0 Å². The first-order valence-corrected chi connectivity index (χ1v) is 8.82. The van der Waals surface area contributed by atoms with Crippen LogP contribution in [0.3, 0.4) is 0 Å². The topological polar surface area (TPSA) is 75.3 Å². The molecule has 6 nitrogen and oxygen atoms in total. The van der Waals surface area contributed by atoms with Crippen LogP contribution in [0.5, 0.6) is 0 Å². The van der Waals surface area contributed by atoms with E-state index in [2.05, 4.69) is 32.5 Å². The minimum atomic E-state index is 0.432. The molecule has 0 fully saturated rings. The number of aliphatic imine (C=N–C) groups is 1. The van der Waals surface area contributed by atoms with E-state index in [0.29, 0.717) is 12.4 Å². The second-order valence-electron chi connectivity index (χ2n) is 5.20. The molecule has 2 rings (SSSR count). The van der Waals surface area contributed by atoms with Crippen LogP contribution in [-0.4, -0.2) is 29.0 Å². The fourth-order valence-electron chi connectivity index (χ4n) is 2.01. The van der Waals surface area contributed by atoms with Crippen LogP contribution < -0.4 is 10.6 Å². The predicted molar refractivity (Wildman–Crippen MR) is 94.0 cm³/mol. The molecule has 2 aromatic heterocycles. The van der Waals surface area contributed by atoms with Crippen molar-refractivity contribution in [3.05, 3.63) is 33.4 Å². The van der Waals surface area contributed by atoms with Gasteiger partial charge in [0.2, 0.25) is 5.89 Å². The molecule has 0 amide bonds. The lowest BCUT2D eigenvalue weighted by molar-refractivity contribution is 0.473. The highest BCUT2D eigenvalue weighted by atomic mass is 32.1. The number of hydrogen-bond donors (Lipinski definition) is 2. The van der Waals surface area contributed by atoms with Crippen molar-refractivity contribution >= 4 is 17.3 Å². The molecule has 0 aliphatic heterocycles. The minimum Gasteiger partial charge on any atom is -0.444 e. The maximum Gasteiger partial charge on any atom is 0.216 e. The Bertz CT molecular complexity index is 627. The predicted octanol–water partition coefficient (Wildman–Crippen LogP) is 2.61. The summed E-state index contributed by atoms with van der Waals surface area (Å²) in [5.74, 6) is 2.27. The van der Waals surface area contributed by atoms with Crippen LogP contribution >= 0.6 is 11.3 Å². The van der Waals surface area contributed by atoms with Crippen molar-refractivity contribution in [2.24, 2.45) is 4.99 Å². The van der Waals surface area contributed by atoms with E-state index < -0.39 is 0 Å². The molecule has 0 aromatic carbocycles. The monoisotopic (exact) mass is 335 g/mol. The van der Waals surface area contributed by atoms with Crippen molar-refractivity contribution in [1.82, 2.24) is 20.6 Å². The summed E-state index contributed by atoms with van der Waals surface area (Å²) in [6, 6.07) is 0. The Balaban J connectivity index is 1.85. The zero-order valence-corrected chi connectivity index (χ0v) is 15.1. The summed E-state index contributed by atoms with van der Waals surface area (Å²) >= 11 is 1.78. The first-order valence-electron chi connectivity index (χ1n) is 8.01. The van der Waals surface area contributed by atoms with E-state index in [1.165, 1.54) is 4.88 Å². The molecular formula is C16H25N5OS. The van der Waals surface area contributed by atoms with Gasteiger partial charge in [-0.2, -0.15) is 0 Å². The molecule has 0 saturated heterocycles. The van der Waals surface area contributed by atoms with Gasteiger partial charge in [-0.15, -0.1) is 11.3 Å². The third kappa shape index (κ3) is 5.35. The molecule has 0 spiro atoms. The summed E-state index contributed by atoms with van der Waals surface area (Å²) in [6.45, 7) is 10.1. The number of guanidine groups is 1. The molecule has 0 unspecified atom stereocenters. The van der Waals surface area contributed by atoms with Crippen molar-refractivity contribution in [2.45, 2.75) is 47.1 Å². The molecule has 23 heavy (non-hydrogen) atoms. The summed E-state index contributed by atoms with van der Waals surface area (Å²) in [4.78, 5) is 14.6. The molecule has 0 aliphatic rings. The van der Waals surface area contributed by atoms with E-state index in [1.54, 1.807) is 11.3 Å². The Morgan fingerprint density at radius 1 is 1.30 bits per heavy atom. The molecule has 7 heteroatoms. The van der Waals surface area contributed by atoms with E-state index >= 15 is 0 Å². The lowest BCUT2D eigenvalue weighted by Crippen LogP contribution is -2.38. The number of aromatic nitrogens is 2. The number of hydrogen-bond acceptors (Lipinski definition) is 5. The summed E-state index contributed by atoms with van der Waals surface area (Å²) < 4.78 is 5.55. The molecule has 0 bridgehead atoms. The molecule has 0 radical (unpaired) electrons. The Kier molecular flexibility index (Phi) is 6.58. The zero-order chi connectivity index (χ0) is 16.7. The molecule has 126 valence electrons. The molecule has 0 atom stereocenters. The highest BCUT2D eigenvalue weighted by Gasteiger charge is 2.06. The van der Waals surface area contributed by atoms with Gasteiger partial charge in [0.05, 0.1) is 10.7 Å². The van der Waals surface area contributed by atoms with E-state index in [-0.39, 0.29) is 0 Å². The van der Waals surface area contributed by atoms with Gasteiger partial charge in [0, 0.05) is 30.6 Å². The Labute approximate surface area is 141 Å². The SMILES string of the molecule is CCNC(=NCc1nc(C)c(C)o1)NCCc1ncc(CC)s1. The van der Waals surface area contributed by atoms with Crippen LogP contribution in [0.25, 0.3) is 0 Å². The highest BCUT2D eigenvalue weighted by Crippen LogP contribution is 2.13. The van der Waals surface area contributed by atoms with Crippen LogP contribution in [0.15, 0.2) is 15.6 Å². The first kappa shape index (κ1) is 17.5. The largest absolute Gasteiger partial charge is 0.444 e. The third-order valence-corrected chi connectivity index (χ3v) is 4.57. The average molecular weight is 335 g/mol. The Morgan fingerprint density at radius 3 is 2.74 bits per heavy atom. The van der Waals surface area contributed by atoms with Crippen LogP contribution in [0.4, 0.5) is 0 Å². The van der Waals surface area contributed by atoms with Gasteiger partial charge in [-0.05, 0) is 27.2 Å². The molecule has 0 saturated carbocycles. The van der Waals surface area contributed by atoms with Gasteiger partial charge in [-0.3, -0.25) is 0 Å². The van der Waals surface area contributed by atoms with Crippen LogP contribution in [0, 0.1) is 13.8 Å². The van der Waals surface area contributed by atoms with Gasteiger partial charge in [-0.1, -0.05) is 6.92 Å². The average Bonchev–Trinajstić information content (AvgIpc) is 3.12. The van der Waals surface area contributed by atoms with Crippen LogP contribution in [0.2, 0.25) is 0 Å². The number of thiazole rings is 1. The summed E-state index contributed by atoms with van der Waals surface area (Å²) in [6.07, 6.45) is 3.91. The van der Waals surface area contributed by atoms with E-state index in [0.717, 1.165) is 48.4 Å². The summed E-state index contributed by atoms with van der Waals surface area (Å²) in [5.41, 5.74) is 0.920. The Hall–Kier alpha value is -1.89. The lowest BCUT2D eigenvalue weighted by atomic mass is 10.4. The first-order chi connectivity index (χ1) is 11.1. The normalized spacial score (nSPS) is 11.7. The summed E-state index contributed by atoms with van der Waals surface area (Å²) in [7, 11) is 0. The fraction of sp³-hybridized carbons (Fsp3) is 0.562. The number of nitrogens with zero attached hydrogens (tertiary/aromatic N) is 3. The van der Waals surface area contributed by atoms with Crippen molar-refractivity contribution in [1.29, 1.82) is 0 Å². The number of nitrogens with one attached hydrogen (secondary N) is 2. The zero-order valence-electron chi connectivity index (χ0n) is 14.3. The van der Waals surface area contributed by atoms with Crippen molar-refractivity contribution in [3.63, 3.8) is 0 Å². The van der Waals surface area contributed by atoms with Crippen molar-refractivity contribution in [3.8, 4) is 0 Å². The molecular weight excluding hydrogens is 310 g/mol. The van der Waals surface area contributed by atoms with Gasteiger partial charge >= 0.3 is 0 Å². The van der Waals surface area contributed by atoms with Gasteiger partial charge in [0.25, 0.3) is 0 Å². The van der Waals surface area contributed by atoms with E-state index in [1.807, 2.05) is 27.0 Å². The van der Waals surface area contributed by atoms with Crippen LogP contribution in [0.1, 0.15) is 41.1 Å². The lowest BCUT2D eigenvalue weighted by Gasteiger charge is -2.09. The Morgan fingerprint density at radius 2 is 2.13 bits per heavy atom. The molecule has 2 N–H and O–H groups in total. The molecule has 0 aliphatic carbocycles. The highest BCUT2D eigenvalue weighted by molar-refractivity contribution is 7.11. The van der Waals surface area contributed by atoms with Gasteiger partial charge in [0.15, 0.2) is 5.96 Å².